The minimum Gasteiger partial charge on any atom is -0.463 e. The highest BCUT2D eigenvalue weighted by Crippen LogP contribution is 2.14. The monoisotopic (exact) mass is 540 g/mol. The number of rotatable bonds is 29. The SMILES string of the molecule is CCCCCCCCCCCCC(=O)OC[C@H](O)COC(=O)CCCCCCCCCCCCCC(C)C. The van der Waals surface area contributed by atoms with Crippen molar-refractivity contribution in [3.8, 4) is 0 Å². The van der Waals surface area contributed by atoms with Gasteiger partial charge in [0, 0.05) is 12.8 Å². The van der Waals surface area contributed by atoms with E-state index < -0.39 is 6.10 Å². The second kappa shape index (κ2) is 28.9. The lowest BCUT2D eigenvalue weighted by atomic mass is 10.0. The van der Waals surface area contributed by atoms with Crippen LogP contribution in [0.15, 0.2) is 0 Å². The van der Waals surface area contributed by atoms with E-state index in [0.29, 0.717) is 12.8 Å². The second-order valence-electron chi connectivity index (χ2n) is 11.8. The number of aliphatic hydroxyl groups excluding tert-OH is 1. The topological polar surface area (TPSA) is 72.8 Å². The minimum absolute atomic E-state index is 0.109. The zero-order chi connectivity index (χ0) is 28.1. The predicted octanol–water partition coefficient (Wildman–Crippen LogP) is 9.47. The van der Waals surface area contributed by atoms with Crippen LogP contribution in [0, 0.1) is 5.92 Å². The molecule has 0 heterocycles. The van der Waals surface area contributed by atoms with E-state index >= 15 is 0 Å². The fraction of sp³-hybridized carbons (Fsp3) is 0.939. The van der Waals surface area contributed by atoms with Crippen LogP contribution in [0.3, 0.4) is 0 Å². The third-order valence-corrected chi connectivity index (χ3v) is 7.27. The molecule has 0 fully saturated rings. The van der Waals surface area contributed by atoms with Crippen molar-refractivity contribution in [3.05, 3.63) is 0 Å². The summed E-state index contributed by atoms with van der Waals surface area (Å²) in [4.78, 5) is 23.7. The lowest BCUT2D eigenvalue weighted by Crippen LogP contribution is -2.25. The average Bonchev–Trinajstić information content (AvgIpc) is 2.89. The van der Waals surface area contributed by atoms with Crippen molar-refractivity contribution in [1.82, 2.24) is 0 Å². The van der Waals surface area contributed by atoms with E-state index in [1.165, 1.54) is 116 Å². The molecule has 0 aromatic carbocycles. The van der Waals surface area contributed by atoms with Crippen molar-refractivity contribution >= 4 is 11.9 Å². The van der Waals surface area contributed by atoms with E-state index in [-0.39, 0.29) is 25.2 Å². The van der Waals surface area contributed by atoms with Gasteiger partial charge in [0.2, 0.25) is 0 Å². The van der Waals surface area contributed by atoms with Gasteiger partial charge >= 0.3 is 11.9 Å². The molecule has 0 saturated heterocycles. The van der Waals surface area contributed by atoms with Crippen LogP contribution in [-0.4, -0.2) is 36.4 Å². The van der Waals surface area contributed by atoms with Crippen molar-refractivity contribution in [2.24, 2.45) is 5.92 Å². The van der Waals surface area contributed by atoms with Gasteiger partial charge in [0.05, 0.1) is 0 Å². The van der Waals surface area contributed by atoms with Crippen molar-refractivity contribution in [2.75, 3.05) is 13.2 Å². The van der Waals surface area contributed by atoms with E-state index in [0.717, 1.165) is 31.6 Å². The van der Waals surface area contributed by atoms with Gasteiger partial charge in [0.25, 0.3) is 0 Å². The van der Waals surface area contributed by atoms with E-state index in [1.54, 1.807) is 0 Å². The Kier molecular flexibility index (Phi) is 28.1. The zero-order valence-electron chi connectivity index (χ0n) is 25.6. The standard InChI is InChI=1S/C33H64O5/c1-4-5-6-7-8-9-14-17-20-23-26-32(35)37-28-31(34)29-38-33(36)27-24-21-18-15-12-10-11-13-16-19-22-25-30(2)3/h30-31,34H,4-29H2,1-3H3/t31-/m0/s1. The molecule has 0 spiro atoms. The van der Waals surface area contributed by atoms with Crippen molar-refractivity contribution in [2.45, 2.75) is 181 Å². The molecule has 5 nitrogen and oxygen atoms in total. The Morgan fingerprint density at radius 2 is 0.842 bits per heavy atom. The van der Waals surface area contributed by atoms with Gasteiger partial charge in [-0.2, -0.15) is 0 Å². The predicted molar refractivity (Wildman–Crippen MR) is 159 cm³/mol. The highest BCUT2D eigenvalue weighted by atomic mass is 16.6. The lowest BCUT2D eigenvalue weighted by molar-refractivity contribution is -0.152. The molecule has 0 aromatic rings. The number of carbonyl (C=O) groups is 2. The molecule has 0 rings (SSSR count). The fourth-order valence-corrected chi connectivity index (χ4v) is 4.74. The molecule has 38 heavy (non-hydrogen) atoms. The number of hydrogen-bond donors (Lipinski definition) is 1. The Hall–Kier alpha value is -1.10. The normalized spacial score (nSPS) is 12.1. The van der Waals surface area contributed by atoms with Gasteiger partial charge in [-0.25, -0.2) is 0 Å². The van der Waals surface area contributed by atoms with Crippen LogP contribution in [-0.2, 0) is 19.1 Å². The number of esters is 2. The van der Waals surface area contributed by atoms with Crippen LogP contribution in [0.2, 0.25) is 0 Å². The molecule has 0 aliphatic carbocycles. The van der Waals surface area contributed by atoms with Crippen molar-refractivity contribution in [1.29, 1.82) is 0 Å². The quantitative estimate of drug-likeness (QED) is 0.0755. The van der Waals surface area contributed by atoms with E-state index in [2.05, 4.69) is 20.8 Å². The average molecular weight is 541 g/mol. The first-order valence-electron chi connectivity index (χ1n) is 16.4. The largest absolute Gasteiger partial charge is 0.463 e. The minimum atomic E-state index is -0.953. The number of hydrogen-bond acceptors (Lipinski definition) is 5. The summed E-state index contributed by atoms with van der Waals surface area (Å²) in [6.07, 6.45) is 27.2. The molecule has 0 radical (unpaired) electrons. The van der Waals surface area contributed by atoms with Gasteiger partial charge in [-0.15, -0.1) is 0 Å². The highest BCUT2D eigenvalue weighted by molar-refractivity contribution is 5.69. The zero-order valence-corrected chi connectivity index (χ0v) is 25.6. The molecular weight excluding hydrogens is 476 g/mol. The van der Waals surface area contributed by atoms with Crippen molar-refractivity contribution in [3.63, 3.8) is 0 Å². The van der Waals surface area contributed by atoms with Crippen LogP contribution in [0.4, 0.5) is 0 Å². The first-order chi connectivity index (χ1) is 18.5. The maximum absolute atomic E-state index is 11.9. The Labute approximate surface area is 236 Å². The summed E-state index contributed by atoms with van der Waals surface area (Å²) >= 11 is 0. The molecule has 1 atom stereocenters. The Balaban J connectivity index is 3.41. The van der Waals surface area contributed by atoms with Crippen LogP contribution in [0.25, 0.3) is 0 Å². The molecule has 0 unspecified atom stereocenters. The first-order valence-corrected chi connectivity index (χ1v) is 16.4. The van der Waals surface area contributed by atoms with Gasteiger partial charge < -0.3 is 14.6 Å². The fourth-order valence-electron chi connectivity index (χ4n) is 4.74. The summed E-state index contributed by atoms with van der Waals surface area (Å²) in [6.45, 7) is 6.62. The van der Waals surface area contributed by atoms with E-state index in [4.69, 9.17) is 9.47 Å². The lowest BCUT2D eigenvalue weighted by Gasteiger charge is -2.12. The Morgan fingerprint density at radius 1 is 0.526 bits per heavy atom. The smallest absolute Gasteiger partial charge is 0.305 e. The molecular formula is C33H64O5. The van der Waals surface area contributed by atoms with E-state index in [9.17, 15) is 14.7 Å². The maximum atomic E-state index is 11.9. The number of carbonyl (C=O) groups excluding carboxylic acids is 2. The van der Waals surface area contributed by atoms with Gasteiger partial charge in [0.1, 0.15) is 19.3 Å². The first kappa shape index (κ1) is 36.9. The third-order valence-electron chi connectivity index (χ3n) is 7.27. The van der Waals surface area contributed by atoms with Gasteiger partial charge in [-0.05, 0) is 18.8 Å². The highest BCUT2D eigenvalue weighted by Gasteiger charge is 2.12. The van der Waals surface area contributed by atoms with Gasteiger partial charge in [-0.3, -0.25) is 9.59 Å². The third kappa shape index (κ3) is 29.5. The molecule has 0 bridgehead atoms. The van der Waals surface area contributed by atoms with Crippen molar-refractivity contribution < 1.29 is 24.2 Å². The molecule has 0 amide bonds. The second-order valence-corrected chi connectivity index (χ2v) is 11.8. The molecule has 0 aliphatic heterocycles. The number of ether oxygens (including phenoxy) is 2. The summed E-state index contributed by atoms with van der Waals surface area (Å²) in [6, 6.07) is 0. The van der Waals surface area contributed by atoms with Crippen LogP contribution in [0.1, 0.15) is 175 Å². The number of unbranched alkanes of at least 4 members (excludes halogenated alkanes) is 19. The number of aliphatic hydroxyl groups is 1. The molecule has 0 saturated carbocycles. The summed E-state index contributed by atoms with van der Waals surface area (Å²) < 4.78 is 10.3. The van der Waals surface area contributed by atoms with Gasteiger partial charge in [-0.1, -0.05) is 149 Å². The summed E-state index contributed by atoms with van der Waals surface area (Å²) in [5, 5.41) is 9.93. The Morgan fingerprint density at radius 3 is 1.18 bits per heavy atom. The Bertz CT molecular complexity index is 520. The summed E-state index contributed by atoms with van der Waals surface area (Å²) in [5.74, 6) is 0.276. The van der Waals surface area contributed by atoms with Gasteiger partial charge in [0.15, 0.2) is 0 Å². The van der Waals surface area contributed by atoms with Crippen LogP contribution >= 0.6 is 0 Å². The molecule has 226 valence electrons. The molecule has 5 heteroatoms. The molecule has 0 aliphatic rings. The maximum Gasteiger partial charge on any atom is 0.305 e. The van der Waals surface area contributed by atoms with Crippen LogP contribution in [0.5, 0.6) is 0 Å². The molecule has 0 aromatic heterocycles. The summed E-state index contributed by atoms with van der Waals surface area (Å²) in [7, 11) is 0. The summed E-state index contributed by atoms with van der Waals surface area (Å²) in [5.41, 5.74) is 0. The molecule has 1 N–H and O–H groups in total. The van der Waals surface area contributed by atoms with E-state index in [1.807, 2.05) is 0 Å². The van der Waals surface area contributed by atoms with Crippen LogP contribution < -0.4 is 0 Å².